The zero-order valence-corrected chi connectivity index (χ0v) is 19.9. The van der Waals surface area contributed by atoms with Crippen molar-refractivity contribution in [2.75, 3.05) is 14.2 Å². The van der Waals surface area contributed by atoms with E-state index in [1.165, 1.54) is 36.7 Å². The third-order valence-corrected chi connectivity index (χ3v) is 6.97. The van der Waals surface area contributed by atoms with E-state index in [0.717, 1.165) is 11.1 Å². The molecular formula is C25H23N3O6S. The van der Waals surface area contributed by atoms with Crippen LogP contribution >= 0.6 is 0 Å². The van der Waals surface area contributed by atoms with Crippen LogP contribution in [0.1, 0.15) is 21.8 Å². The van der Waals surface area contributed by atoms with Gasteiger partial charge < -0.3 is 13.9 Å². The summed E-state index contributed by atoms with van der Waals surface area (Å²) in [5, 5.41) is 7.84. The fourth-order valence-corrected chi connectivity index (χ4v) is 4.65. The molecule has 0 radical (unpaired) electrons. The molecule has 35 heavy (non-hydrogen) atoms. The topological polar surface area (TPSA) is 112 Å². The molecule has 3 aromatic carbocycles. The fourth-order valence-electron chi connectivity index (χ4n) is 3.32. The van der Waals surface area contributed by atoms with Crippen molar-refractivity contribution < 1.29 is 27.1 Å². The first-order valence-corrected chi connectivity index (χ1v) is 12.1. The van der Waals surface area contributed by atoms with Crippen LogP contribution in [0, 0.1) is 0 Å². The second-order valence-electron chi connectivity index (χ2n) is 7.56. The summed E-state index contributed by atoms with van der Waals surface area (Å²) in [7, 11) is -1.14. The molecule has 10 heteroatoms. The van der Waals surface area contributed by atoms with E-state index < -0.39 is 16.0 Å². The van der Waals surface area contributed by atoms with E-state index >= 15 is 0 Å². The number of ether oxygens (including phenoxy) is 2. The molecule has 9 nitrogen and oxygen atoms in total. The van der Waals surface area contributed by atoms with Gasteiger partial charge in [-0.25, -0.2) is 13.2 Å². The molecule has 0 bridgehead atoms. The van der Waals surface area contributed by atoms with Crippen LogP contribution in [0.3, 0.4) is 0 Å². The van der Waals surface area contributed by atoms with Crippen LogP contribution in [0.5, 0.6) is 5.75 Å². The molecule has 0 fully saturated rings. The largest absolute Gasteiger partial charge is 0.495 e. The first-order valence-electron chi connectivity index (χ1n) is 10.6. The Morgan fingerprint density at radius 3 is 2.34 bits per heavy atom. The van der Waals surface area contributed by atoms with E-state index in [2.05, 4.69) is 10.2 Å². The Balaban J connectivity index is 1.50. The molecule has 0 saturated heterocycles. The minimum absolute atomic E-state index is 0.0419. The van der Waals surface area contributed by atoms with Gasteiger partial charge >= 0.3 is 5.97 Å². The Bertz CT molecular complexity index is 1410. The van der Waals surface area contributed by atoms with Gasteiger partial charge in [-0.3, -0.25) is 0 Å². The van der Waals surface area contributed by atoms with Crippen molar-refractivity contribution in [3.05, 3.63) is 95.9 Å². The van der Waals surface area contributed by atoms with Crippen molar-refractivity contribution >= 4 is 16.0 Å². The molecule has 1 aromatic heterocycles. The third-order valence-electron chi connectivity index (χ3n) is 5.15. The average Bonchev–Trinajstić information content (AvgIpc) is 3.37. The Hall–Kier alpha value is -4.02. The first kappa shape index (κ1) is 24.1. The Labute approximate surface area is 203 Å². The maximum Gasteiger partial charge on any atom is 0.338 e. The van der Waals surface area contributed by atoms with Crippen LogP contribution in [-0.4, -0.2) is 43.0 Å². The number of methoxy groups -OCH3 is 1. The Morgan fingerprint density at radius 2 is 1.66 bits per heavy atom. The van der Waals surface area contributed by atoms with Gasteiger partial charge in [-0.2, -0.15) is 4.31 Å². The molecule has 180 valence electrons. The van der Waals surface area contributed by atoms with Crippen LogP contribution in [-0.2, 0) is 27.9 Å². The van der Waals surface area contributed by atoms with Gasteiger partial charge in [0.25, 0.3) is 5.89 Å². The SMILES string of the molecule is COc1ccc(C(=O)OCc2nnc(-c3ccccc3)o2)cc1S(=O)(=O)N(C)Cc1ccccc1. The van der Waals surface area contributed by atoms with Crippen molar-refractivity contribution in [1.29, 1.82) is 0 Å². The van der Waals surface area contributed by atoms with Gasteiger partial charge in [-0.05, 0) is 35.9 Å². The molecule has 4 aromatic rings. The number of carbonyl (C=O) groups is 1. The van der Waals surface area contributed by atoms with Crippen LogP contribution in [0.15, 0.2) is 88.2 Å². The highest BCUT2D eigenvalue weighted by Gasteiger charge is 2.27. The monoisotopic (exact) mass is 493 g/mol. The van der Waals surface area contributed by atoms with Gasteiger partial charge in [0.05, 0.1) is 12.7 Å². The smallest absolute Gasteiger partial charge is 0.338 e. The normalized spacial score (nSPS) is 11.4. The summed E-state index contributed by atoms with van der Waals surface area (Å²) >= 11 is 0. The zero-order valence-electron chi connectivity index (χ0n) is 19.1. The van der Waals surface area contributed by atoms with Gasteiger partial charge in [-0.15, -0.1) is 10.2 Å². The summed E-state index contributed by atoms with van der Waals surface area (Å²) in [5.41, 5.74) is 1.60. The third kappa shape index (κ3) is 5.56. The number of nitrogens with zero attached hydrogens (tertiary/aromatic N) is 3. The summed E-state index contributed by atoms with van der Waals surface area (Å²) in [6.07, 6.45) is 0. The quantitative estimate of drug-likeness (QED) is 0.323. The number of hydrogen-bond acceptors (Lipinski definition) is 8. The molecule has 0 amide bonds. The molecule has 0 saturated carbocycles. The number of carbonyl (C=O) groups excluding carboxylic acids is 1. The molecule has 1 heterocycles. The van der Waals surface area contributed by atoms with E-state index in [9.17, 15) is 13.2 Å². The van der Waals surface area contributed by atoms with E-state index in [1.54, 1.807) is 0 Å². The predicted octanol–water partition coefficient (Wildman–Crippen LogP) is 3.92. The van der Waals surface area contributed by atoms with Crippen LogP contribution < -0.4 is 4.74 Å². The van der Waals surface area contributed by atoms with Crippen molar-refractivity contribution in [3.8, 4) is 17.2 Å². The van der Waals surface area contributed by atoms with Crippen molar-refractivity contribution in [1.82, 2.24) is 14.5 Å². The molecule has 0 spiro atoms. The number of sulfonamides is 1. The maximum absolute atomic E-state index is 13.3. The second-order valence-corrected chi connectivity index (χ2v) is 9.57. The first-order chi connectivity index (χ1) is 16.9. The van der Waals surface area contributed by atoms with E-state index in [-0.39, 0.29) is 35.3 Å². The van der Waals surface area contributed by atoms with Gasteiger partial charge in [-0.1, -0.05) is 48.5 Å². The highest BCUT2D eigenvalue weighted by atomic mass is 32.2. The lowest BCUT2D eigenvalue weighted by Crippen LogP contribution is -2.27. The lowest BCUT2D eigenvalue weighted by Gasteiger charge is -2.19. The van der Waals surface area contributed by atoms with E-state index in [4.69, 9.17) is 13.9 Å². The van der Waals surface area contributed by atoms with Crippen molar-refractivity contribution in [3.63, 3.8) is 0 Å². The molecule has 0 aliphatic rings. The fraction of sp³-hybridized carbons (Fsp3) is 0.160. The Morgan fingerprint density at radius 1 is 0.971 bits per heavy atom. The number of benzene rings is 3. The lowest BCUT2D eigenvalue weighted by atomic mass is 10.2. The number of esters is 1. The highest BCUT2D eigenvalue weighted by molar-refractivity contribution is 7.89. The standard InChI is InChI=1S/C25H23N3O6S/c1-28(16-18-9-5-3-6-10-18)35(30,31)22-15-20(13-14-21(22)32-2)25(29)33-17-23-26-27-24(34-23)19-11-7-4-8-12-19/h3-15H,16-17H2,1-2H3. The number of rotatable bonds is 9. The molecule has 0 unspecified atom stereocenters. The van der Waals surface area contributed by atoms with Crippen LogP contribution in [0.4, 0.5) is 0 Å². The second kappa shape index (κ2) is 10.5. The van der Waals surface area contributed by atoms with Crippen LogP contribution in [0.25, 0.3) is 11.5 Å². The predicted molar refractivity (Wildman–Crippen MR) is 127 cm³/mol. The zero-order chi connectivity index (χ0) is 24.8. The molecule has 0 atom stereocenters. The van der Waals surface area contributed by atoms with E-state index in [0.29, 0.717) is 5.89 Å². The molecular weight excluding hydrogens is 470 g/mol. The molecule has 4 rings (SSSR count). The lowest BCUT2D eigenvalue weighted by molar-refractivity contribution is 0.0438. The minimum atomic E-state index is -3.97. The summed E-state index contributed by atoms with van der Waals surface area (Å²) in [6.45, 7) is -0.109. The average molecular weight is 494 g/mol. The van der Waals surface area contributed by atoms with E-state index in [1.807, 2.05) is 60.7 Å². The van der Waals surface area contributed by atoms with Crippen molar-refractivity contribution in [2.45, 2.75) is 18.0 Å². The summed E-state index contributed by atoms with van der Waals surface area (Å²) in [4.78, 5) is 12.5. The molecule has 0 aliphatic carbocycles. The van der Waals surface area contributed by atoms with Gasteiger partial charge in [0.15, 0.2) is 6.61 Å². The highest BCUT2D eigenvalue weighted by Crippen LogP contribution is 2.28. The minimum Gasteiger partial charge on any atom is -0.495 e. The van der Waals surface area contributed by atoms with Gasteiger partial charge in [0.2, 0.25) is 15.9 Å². The summed E-state index contributed by atoms with van der Waals surface area (Å²) in [5.74, 6) is -0.211. The van der Waals surface area contributed by atoms with Crippen LogP contribution in [0.2, 0.25) is 0 Å². The molecule has 0 aliphatic heterocycles. The molecule has 0 N–H and O–H groups in total. The van der Waals surface area contributed by atoms with Crippen molar-refractivity contribution in [2.24, 2.45) is 0 Å². The Kier molecular flexibility index (Phi) is 7.23. The number of aromatic nitrogens is 2. The van der Waals surface area contributed by atoms with Gasteiger partial charge in [0, 0.05) is 19.2 Å². The van der Waals surface area contributed by atoms with Gasteiger partial charge in [0.1, 0.15) is 10.6 Å². The maximum atomic E-state index is 13.3. The number of hydrogen-bond donors (Lipinski definition) is 0. The summed E-state index contributed by atoms with van der Waals surface area (Å²) in [6, 6.07) is 22.4. The summed E-state index contributed by atoms with van der Waals surface area (Å²) < 4.78 is 43.8.